The number of ketones is 1. The second kappa shape index (κ2) is 9.95. The number of aromatic carboxylic acids is 2. The van der Waals surface area contributed by atoms with E-state index in [1.807, 2.05) is 0 Å². The number of hydrogen-bond donors (Lipinski definition) is 2. The Hall–Kier alpha value is -6.23. The van der Waals surface area contributed by atoms with Gasteiger partial charge in [-0.2, -0.15) is 0 Å². The van der Waals surface area contributed by atoms with Crippen LogP contribution in [0.1, 0.15) is 89.2 Å². The Labute approximate surface area is 248 Å². The number of carboxylic acids is 2. The molecule has 4 amide bonds. The molecule has 0 bridgehead atoms. The minimum absolute atomic E-state index is 0.00870. The number of anilines is 2. The van der Waals surface area contributed by atoms with Crippen LogP contribution in [0.2, 0.25) is 0 Å². The number of hydrogen-bond acceptors (Lipinski definition) is 7. The van der Waals surface area contributed by atoms with Crippen LogP contribution in [0, 0.1) is 13.8 Å². The van der Waals surface area contributed by atoms with Crippen LogP contribution < -0.4 is 9.80 Å². The molecular formula is C33H20N2O9. The smallest absolute Gasteiger partial charge is 0.337 e. The van der Waals surface area contributed by atoms with Crippen LogP contribution in [0.5, 0.6) is 0 Å². The lowest BCUT2D eigenvalue weighted by molar-refractivity contribution is 0.0686. The van der Waals surface area contributed by atoms with Gasteiger partial charge in [-0.05, 0) is 62.4 Å². The molecule has 0 aromatic heterocycles. The Morgan fingerprint density at radius 3 is 1.23 bits per heavy atom. The van der Waals surface area contributed by atoms with E-state index in [1.165, 1.54) is 60.7 Å². The van der Waals surface area contributed by atoms with E-state index in [0.29, 0.717) is 11.1 Å². The van der Waals surface area contributed by atoms with E-state index in [9.17, 15) is 43.8 Å². The highest BCUT2D eigenvalue weighted by Crippen LogP contribution is 2.34. The number of carbonyl (C=O) groups excluding carboxylic acids is 5. The van der Waals surface area contributed by atoms with Crippen molar-refractivity contribution in [1.29, 1.82) is 0 Å². The molecule has 11 heteroatoms. The second-order valence-electron chi connectivity index (χ2n) is 10.4. The summed E-state index contributed by atoms with van der Waals surface area (Å²) < 4.78 is 0. The first-order chi connectivity index (χ1) is 20.9. The van der Waals surface area contributed by atoms with Crippen LogP contribution >= 0.6 is 0 Å². The lowest BCUT2D eigenvalue weighted by Gasteiger charge is -2.16. The third-order valence-corrected chi connectivity index (χ3v) is 7.54. The Bertz CT molecular complexity index is 1920. The number of nitrogens with zero attached hydrogens (tertiary/aromatic N) is 2. The molecule has 0 saturated heterocycles. The molecule has 0 radical (unpaired) electrons. The van der Waals surface area contributed by atoms with Gasteiger partial charge in [-0.1, -0.05) is 35.4 Å². The predicted molar refractivity (Wildman–Crippen MR) is 155 cm³/mol. The molecule has 44 heavy (non-hydrogen) atoms. The molecule has 11 nitrogen and oxygen atoms in total. The van der Waals surface area contributed by atoms with Crippen LogP contribution in [0.25, 0.3) is 0 Å². The van der Waals surface area contributed by atoms with Gasteiger partial charge < -0.3 is 10.2 Å². The number of carboxylic acid groups (broad SMARTS) is 2. The van der Waals surface area contributed by atoms with Gasteiger partial charge in [-0.25, -0.2) is 19.4 Å². The monoisotopic (exact) mass is 588 g/mol. The maximum absolute atomic E-state index is 13.5. The lowest BCUT2D eigenvalue weighted by Crippen LogP contribution is -2.31. The number of fused-ring (bicyclic) bond motifs is 2. The summed E-state index contributed by atoms with van der Waals surface area (Å²) in [6.07, 6.45) is 0. The maximum atomic E-state index is 13.5. The molecule has 0 saturated carbocycles. The number of carbonyl (C=O) groups is 7. The number of rotatable bonds is 6. The SMILES string of the molecule is Cc1ccc(N2C(=O)c3ccc(C(=O)c4ccc5c(c4)C(=O)N(c4ccc(C)cc4C(=O)O)C5=O)cc3C2=O)c(C(=O)O)c1. The summed E-state index contributed by atoms with van der Waals surface area (Å²) in [6, 6.07) is 16.3. The fourth-order valence-electron chi connectivity index (χ4n) is 5.40. The Morgan fingerprint density at radius 2 is 0.864 bits per heavy atom. The number of aryl methyl sites for hydroxylation is 2. The van der Waals surface area contributed by atoms with Crippen LogP contribution in [-0.4, -0.2) is 51.6 Å². The molecular weight excluding hydrogens is 568 g/mol. The standard InChI is InChI=1S/C33H20N2O9/c1-15-3-9-25(23(11-15)32(41)42)34-28(37)19-7-5-17(13-21(19)30(34)39)27(36)18-6-8-20-22(14-18)31(40)35(29(20)38)26-10-4-16(2)12-24(26)33(43)44/h3-14H,1-2H3,(H,41,42)(H,43,44). The second-order valence-corrected chi connectivity index (χ2v) is 10.4. The zero-order chi connectivity index (χ0) is 31.6. The largest absolute Gasteiger partial charge is 0.478 e. The molecule has 2 N–H and O–H groups in total. The van der Waals surface area contributed by atoms with Crippen molar-refractivity contribution in [3.05, 3.63) is 128 Å². The van der Waals surface area contributed by atoms with Crippen molar-refractivity contribution >= 4 is 52.7 Å². The Morgan fingerprint density at radius 1 is 0.500 bits per heavy atom. The molecule has 4 aromatic rings. The summed E-state index contributed by atoms with van der Waals surface area (Å²) in [6.45, 7) is 3.35. The highest BCUT2D eigenvalue weighted by molar-refractivity contribution is 6.37. The summed E-state index contributed by atoms with van der Waals surface area (Å²) in [7, 11) is 0. The molecule has 0 spiro atoms. The molecule has 4 aromatic carbocycles. The Balaban J connectivity index is 1.33. The third kappa shape index (κ3) is 4.18. The summed E-state index contributed by atoms with van der Waals surface area (Å²) >= 11 is 0. The molecule has 6 rings (SSSR count). The average molecular weight is 589 g/mol. The first-order valence-electron chi connectivity index (χ1n) is 13.2. The van der Waals surface area contributed by atoms with Crippen molar-refractivity contribution in [1.82, 2.24) is 0 Å². The van der Waals surface area contributed by atoms with Gasteiger partial charge in [-0.3, -0.25) is 24.0 Å². The van der Waals surface area contributed by atoms with Gasteiger partial charge in [0.05, 0.1) is 44.8 Å². The molecule has 0 atom stereocenters. The highest BCUT2D eigenvalue weighted by Gasteiger charge is 2.41. The zero-order valence-electron chi connectivity index (χ0n) is 23.1. The summed E-state index contributed by atoms with van der Waals surface area (Å²) in [5.74, 6) is -6.34. The van der Waals surface area contributed by atoms with Gasteiger partial charge in [0.1, 0.15) is 0 Å². The van der Waals surface area contributed by atoms with E-state index in [2.05, 4.69) is 0 Å². The predicted octanol–water partition coefficient (Wildman–Crippen LogP) is 4.53. The van der Waals surface area contributed by atoms with E-state index in [4.69, 9.17) is 0 Å². The van der Waals surface area contributed by atoms with Gasteiger partial charge in [0.25, 0.3) is 23.6 Å². The summed E-state index contributed by atoms with van der Waals surface area (Å²) in [5, 5.41) is 19.3. The minimum Gasteiger partial charge on any atom is -0.478 e. The number of imide groups is 2. The van der Waals surface area contributed by atoms with Crippen LogP contribution in [-0.2, 0) is 0 Å². The average Bonchev–Trinajstić information content (AvgIpc) is 3.40. The normalized spacial score (nSPS) is 13.8. The summed E-state index contributed by atoms with van der Waals surface area (Å²) in [5.41, 5.74) is 0.358. The van der Waals surface area contributed by atoms with E-state index in [1.54, 1.807) is 26.0 Å². The van der Waals surface area contributed by atoms with Gasteiger partial charge >= 0.3 is 11.9 Å². The molecule has 2 aliphatic rings. The van der Waals surface area contributed by atoms with E-state index in [0.717, 1.165) is 9.80 Å². The zero-order valence-corrected chi connectivity index (χ0v) is 23.1. The van der Waals surface area contributed by atoms with Crippen LogP contribution in [0.15, 0.2) is 72.8 Å². The van der Waals surface area contributed by atoms with E-state index >= 15 is 0 Å². The number of benzene rings is 4. The van der Waals surface area contributed by atoms with Crippen molar-refractivity contribution in [2.24, 2.45) is 0 Å². The van der Waals surface area contributed by atoms with Gasteiger partial charge in [0.15, 0.2) is 5.78 Å². The molecule has 2 aliphatic heterocycles. The minimum atomic E-state index is -1.32. The van der Waals surface area contributed by atoms with Crippen molar-refractivity contribution in [3.8, 4) is 0 Å². The third-order valence-electron chi connectivity index (χ3n) is 7.54. The lowest BCUT2D eigenvalue weighted by atomic mass is 9.96. The highest BCUT2D eigenvalue weighted by atomic mass is 16.4. The first-order valence-corrected chi connectivity index (χ1v) is 13.2. The molecule has 0 unspecified atom stereocenters. The summed E-state index contributed by atoms with van der Waals surface area (Å²) in [4.78, 5) is 91.7. The fraction of sp³-hybridized carbons (Fsp3) is 0.0606. The topological polar surface area (TPSA) is 166 Å². The van der Waals surface area contributed by atoms with Crippen molar-refractivity contribution < 1.29 is 43.8 Å². The van der Waals surface area contributed by atoms with Crippen molar-refractivity contribution in [2.45, 2.75) is 13.8 Å². The van der Waals surface area contributed by atoms with Crippen LogP contribution in [0.3, 0.4) is 0 Å². The van der Waals surface area contributed by atoms with Crippen molar-refractivity contribution in [2.75, 3.05) is 9.80 Å². The Kier molecular flexibility index (Phi) is 6.31. The van der Waals surface area contributed by atoms with Gasteiger partial charge in [-0.15, -0.1) is 0 Å². The quantitative estimate of drug-likeness (QED) is 0.243. The molecule has 216 valence electrons. The first kappa shape index (κ1) is 27.9. The molecule has 0 fully saturated rings. The number of amides is 4. The molecule has 2 heterocycles. The van der Waals surface area contributed by atoms with Gasteiger partial charge in [0, 0.05) is 11.1 Å². The van der Waals surface area contributed by atoms with Crippen molar-refractivity contribution in [3.63, 3.8) is 0 Å². The van der Waals surface area contributed by atoms with Crippen LogP contribution in [0.4, 0.5) is 11.4 Å². The maximum Gasteiger partial charge on any atom is 0.337 e. The molecule has 0 aliphatic carbocycles. The fourth-order valence-corrected chi connectivity index (χ4v) is 5.40. The van der Waals surface area contributed by atoms with E-state index in [-0.39, 0.29) is 55.9 Å². The van der Waals surface area contributed by atoms with Gasteiger partial charge in [0.2, 0.25) is 0 Å². The van der Waals surface area contributed by atoms with E-state index < -0.39 is 41.4 Å².